The molecule has 2 aromatic rings. The Morgan fingerprint density at radius 1 is 0.935 bits per heavy atom. The van der Waals surface area contributed by atoms with Gasteiger partial charge in [0.15, 0.2) is 0 Å². The lowest BCUT2D eigenvalue weighted by Crippen LogP contribution is -2.41. The minimum absolute atomic E-state index is 0.0295. The zero-order valence-corrected chi connectivity index (χ0v) is 19.4. The monoisotopic (exact) mass is 467 g/mol. The lowest BCUT2D eigenvalue weighted by atomic mass is 10.1. The maximum Gasteiger partial charge on any atom is 0.243 e. The third-order valence-corrected chi connectivity index (χ3v) is 8.65. The van der Waals surface area contributed by atoms with Gasteiger partial charge in [-0.2, -0.15) is 4.31 Å². The van der Waals surface area contributed by atoms with E-state index in [4.69, 9.17) is 4.74 Å². The molecule has 1 atom stereocenters. The molecule has 0 amide bonds. The van der Waals surface area contributed by atoms with E-state index in [1.807, 2.05) is 49.3 Å². The highest BCUT2D eigenvalue weighted by molar-refractivity contribution is 7.89. The number of morpholine rings is 1. The second-order valence-corrected chi connectivity index (χ2v) is 11.4. The van der Waals surface area contributed by atoms with E-state index in [9.17, 15) is 16.8 Å². The molecule has 0 radical (unpaired) electrons. The van der Waals surface area contributed by atoms with Crippen LogP contribution in [0.1, 0.15) is 5.56 Å². The summed E-state index contributed by atoms with van der Waals surface area (Å²) >= 11 is 0. The van der Waals surface area contributed by atoms with Crippen molar-refractivity contribution in [3.63, 3.8) is 0 Å². The van der Waals surface area contributed by atoms with Crippen LogP contribution < -0.4 is 4.72 Å². The molecule has 1 fully saturated rings. The normalized spacial score (nSPS) is 17.0. The summed E-state index contributed by atoms with van der Waals surface area (Å²) in [6.45, 7) is 1.52. The summed E-state index contributed by atoms with van der Waals surface area (Å²) in [5, 5.41) is 0. The minimum atomic E-state index is -3.77. The molecule has 1 saturated heterocycles. The second kappa shape index (κ2) is 10.2. The van der Waals surface area contributed by atoms with Crippen molar-refractivity contribution in [2.45, 2.75) is 22.3 Å². The van der Waals surface area contributed by atoms with Crippen LogP contribution in [0.3, 0.4) is 0 Å². The Labute approximate surface area is 184 Å². The molecule has 31 heavy (non-hydrogen) atoms. The van der Waals surface area contributed by atoms with Gasteiger partial charge < -0.3 is 9.64 Å². The molecule has 1 aliphatic heterocycles. The van der Waals surface area contributed by atoms with E-state index in [2.05, 4.69) is 4.72 Å². The topological polar surface area (TPSA) is 96.0 Å². The van der Waals surface area contributed by atoms with Crippen LogP contribution in [0.5, 0.6) is 0 Å². The Balaban J connectivity index is 1.68. The van der Waals surface area contributed by atoms with Crippen LogP contribution in [-0.2, 0) is 31.2 Å². The number of hydrogen-bond donors (Lipinski definition) is 1. The predicted molar refractivity (Wildman–Crippen MR) is 119 cm³/mol. The van der Waals surface area contributed by atoms with Gasteiger partial charge in [-0.05, 0) is 50.3 Å². The molecule has 10 heteroatoms. The van der Waals surface area contributed by atoms with E-state index < -0.39 is 20.0 Å². The maximum absolute atomic E-state index is 12.8. The van der Waals surface area contributed by atoms with E-state index >= 15 is 0 Å². The van der Waals surface area contributed by atoms with E-state index in [0.29, 0.717) is 19.6 Å². The molecule has 0 aromatic heterocycles. The smallest absolute Gasteiger partial charge is 0.243 e. The van der Waals surface area contributed by atoms with Crippen LogP contribution in [0.15, 0.2) is 64.4 Å². The molecule has 0 aliphatic carbocycles. The lowest BCUT2D eigenvalue weighted by molar-refractivity contribution is 0.0730. The van der Waals surface area contributed by atoms with Crippen molar-refractivity contribution in [3.8, 4) is 0 Å². The minimum Gasteiger partial charge on any atom is -0.379 e. The van der Waals surface area contributed by atoms with Gasteiger partial charge in [0.2, 0.25) is 20.0 Å². The van der Waals surface area contributed by atoms with Gasteiger partial charge in [0.25, 0.3) is 0 Å². The summed E-state index contributed by atoms with van der Waals surface area (Å²) in [6, 6.07) is 15.2. The van der Waals surface area contributed by atoms with Gasteiger partial charge in [-0.1, -0.05) is 30.3 Å². The molecular weight excluding hydrogens is 438 g/mol. The maximum atomic E-state index is 12.8. The number of rotatable bonds is 9. The summed E-state index contributed by atoms with van der Waals surface area (Å²) < 4.78 is 60.2. The van der Waals surface area contributed by atoms with Crippen LogP contribution in [0.25, 0.3) is 0 Å². The zero-order chi connectivity index (χ0) is 22.5. The highest BCUT2D eigenvalue weighted by Gasteiger charge is 2.27. The largest absolute Gasteiger partial charge is 0.379 e. The zero-order valence-electron chi connectivity index (χ0n) is 17.8. The van der Waals surface area contributed by atoms with Crippen molar-refractivity contribution >= 4 is 20.0 Å². The Morgan fingerprint density at radius 3 is 2.10 bits per heavy atom. The molecule has 0 bridgehead atoms. The first kappa shape index (κ1) is 23.8. The van der Waals surface area contributed by atoms with Crippen LogP contribution in [0.4, 0.5) is 0 Å². The molecule has 1 unspecified atom stereocenters. The predicted octanol–water partition coefficient (Wildman–Crippen LogP) is 1.16. The molecule has 1 aliphatic rings. The van der Waals surface area contributed by atoms with Gasteiger partial charge in [-0.3, -0.25) is 0 Å². The van der Waals surface area contributed by atoms with Crippen molar-refractivity contribution in [2.24, 2.45) is 0 Å². The van der Waals surface area contributed by atoms with Gasteiger partial charge in [0.1, 0.15) is 0 Å². The van der Waals surface area contributed by atoms with Gasteiger partial charge in [-0.25, -0.2) is 21.6 Å². The fourth-order valence-corrected chi connectivity index (χ4v) is 5.82. The summed E-state index contributed by atoms with van der Waals surface area (Å²) in [5.41, 5.74) is 1.12. The molecule has 2 aromatic carbocycles. The summed E-state index contributed by atoms with van der Waals surface area (Å²) in [5.74, 6) is 0. The van der Waals surface area contributed by atoms with E-state index in [1.165, 1.54) is 28.6 Å². The summed E-state index contributed by atoms with van der Waals surface area (Å²) in [6.07, 6.45) is 0.701. The van der Waals surface area contributed by atoms with Crippen molar-refractivity contribution in [3.05, 3.63) is 60.2 Å². The van der Waals surface area contributed by atoms with Crippen LogP contribution >= 0.6 is 0 Å². The molecule has 8 nitrogen and oxygen atoms in total. The average Bonchev–Trinajstić information content (AvgIpc) is 2.78. The number of hydrogen-bond acceptors (Lipinski definition) is 6. The first-order valence-electron chi connectivity index (χ1n) is 10.1. The van der Waals surface area contributed by atoms with E-state index in [0.717, 1.165) is 5.56 Å². The van der Waals surface area contributed by atoms with Crippen molar-refractivity contribution in [1.29, 1.82) is 0 Å². The number of benzene rings is 2. The summed E-state index contributed by atoms with van der Waals surface area (Å²) in [4.78, 5) is 2.09. The summed E-state index contributed by atoms with van der Waals surface area (Å²) in [7, 11) is -3.62. The Bertz CT molecular complexity index is 1050. The van der Waals surface area contributed by atoms with Gasteiger partial charge in [0.05, 0.1) is 23.0 Å². The Morgan fingerprint density at radius 2 is 1.52 bits per heavy atom. The first-order chi connectivity index (χ1) is 14.7. The van der Waals surface area contributed by atoms with Gasteiger partial charge >= 0.3 is 0 Å². The SMILES string of the molecule is CN(C)C(CNS(=O)(=O)c1ccc(S(=O)(=O)N2CCOCC2)cc1)Cc1ccccc1. The molecule has 0 spiro atoms. The van der Waals surface area contributed by atoms with E-state index in [1.54, 1.807) is 0 Å². The highest BCUT2D eigenvalue weighted by atomic mass is 32.2. The number of nitrogens with one attached hydrogen (secondary N) is 1. The van der Waals surface area contributed by atoms with Crippen LogP contribution in [-0.4, -0.2) is 79.0 Å². The fourth-order valence-electron chi connectivity index (χ4n) is 3.34. The standard InChI is InChI=1S/C21H29N3O5S2/c1-23(2)19(16-18-6-4-3-5-7-18)17-22-30(25,26)20-8-10-21(11-9-20)31(27,28)24-12-14-29-15-13-24/h3-11,19,22H,12-17H2,1-2H3. The molecule has 1 heterocycles. The molecule has 3 rings (SSSR count). The molecule has 170 valence electrons. The quantitative estimate of drug-likeness (QED) is 0.595. The number of nitrogens with zero attached hydrogens (tertiary/aromatic N) is 2. The Kier molecular flexibility index (Phi) is 7.84. The average molecular weight is 468 g/mol. The first-order valence-corrected chi connectivity index (χ1v) is 13.0. The van der Waals surface area contributed by atoms with Crippen molar-refractivity contribution in [1.82, 2.24) is 13.9 Å². The number of sulfonamides is 2. The molecular formula is C21H29N3O5S2. The second-order valence-electron chi connectivity index (χ2n) is 7.65. The Hall–Kier alpha value is -1.82. The fraction of sp³-hybridized carbons (Fsp3) is 0.429. The van der Waals surface area contributed by atoms with Gasteiger partial charge in [0, 0.05) is 25.7 Å². The van der Waals surface area contributed by atoms with Crippen molar-refractivity contribution < 1.29 is 21.6 Å². The van der Waals surface area contributed by atoms with E-state index in [-0.39, 0.29) is 35.5 Å². The molecule has 0 saturated carbocycles. The molecule has 1 N–H and O–H groups in total. The number of ether oxygens (including phenoxy) is 1. The van der Waals surface area contributed by atoms with Gasteiger partial charge in [-0.15, -0.1) is 0 Å². The number of likely N-dealkylation sites (N-methyl/N-ethyl adjacent to an activating group) is 1. The third kappa shape index (κ3) is 6.12. The van der Waals surface area contributed by atoms with Crippen LogP contribution in [0, 0.1) is 0 Å². The van der Waals surface area contributed by atoms with Crippen LogP contribution in [0.2, 0.25) is 0 Å². The highest BCUT2D eigenvalue weighted by Crippen LogP contribution is 2.19. The third-order valence-electron chi connectivity index (χ3n) is 5.30. The lowest BCUT2D eigenvalue weighted by Gasteiger charge is -2.26. The van der Waals surface area contributed by atoms with Crippen molar-refractivity contribution in [2.75, 3.05) is 46.9 Å².